The molecule has 1 N–H and O–H groups in total. The fourth-order valence-electron chi connectivity index (χ4n) is 4.66. The highest BCUT2D eigenvalue weighted by atomic mass is 28.4. The molecule has 1 amide bonds. The van der Waals surface area contributed by atoms with Crippen LogP contribution >= 0.6 is 0 Å². The van der Waals surface area contributed by atoms with Crippen molar-refractivity contribution in [3.8, 4) is 0 Å². The first kappa shape index (κ1) is 25.8. The third-order valence-corrected chi connectivity index (χ3v) is 7.01. The standard InChI is InChI=1S/C23H42N2O5Si/c1-6-29-22(27)19(15-14-18-11-8-7-9-12-18)24-17(2)21(26)25-16-10-13-20(25)23(28)30-31(3,4)5/h17-20,24H,6-16H2,1-5H3/t17-,19-,20-/m0/s1. The molecular weight excluding hydrogens is 412 g/mol. The summed E-state index contributed by atoms with van der Waals surface area (Å²) in [6, 6.07) is -1.59. The Morgan fingerprint density at radius 2 is 1.74 bits per heavy atom. The van der Waals surface area contributed by atoms with Crippen molar-refractivity contribution in [2.45, 2.75) is 109 Å². The van der Waals surface area contributed by atoms with Gasteiger partial charge < -0.3 is 14.1 Å². The molecule has 1 aliphatic carbocycles. The Morgan fingerprint density at radius 1 is 1.06 bits per heavy atom. The maximum Gasteiger partial charge on any atom is 0.323 e. The van der Waals surface area contributed by atoms with Crippen molar-refractivity contribution in [3.05, 3.63) is 0 Å². The van der Waals surface area contributed by atoms with Gasteiger partial charge in [-0.15, -0.1) is 0 Å². The van der Waals surface area contributed by atoms with Gasteiger partial charge in [-0.1, -0.05) is 32.1 Å². The third-order valence-electron chi connectivity index (χ3n) is 6.20. The van der Waals surface area contributed by atoms with Crippen molar-refractivity contribution in [1.82, 2.24) is 10.2 Å². The number of hydrogen-bond donors (Lipinski definition) is 1. The summed E-state index contributed by atoms with van der Waals surface area (Å²) in [4.78, 5) is 40.0. The number of nitrogens with zero attached hydrogens (tertiary/aromatic N) is 1. The number of likely N-dealkylation sites (tertiary alicyclic amines) is 1. The molecule has 8 heteroatoms. The maximum atomic E-state index is 13.2. The van der Waals surface area contributed by atoms with Crippen LogP contribution in [0, 0.1) is 5.92 Å². The summed E-state index contributed by atoms with van der Waals surface area (Å²) in [6.07, 6.45) is 9.32. The minimum absolute atomic E-state index is 0.151. The van der Waals surface area contributed by atoms with Gasteiger partial charge >= 0.3 is 11.9 Å². The lowest BCUT2D eigenvalue weighted by Crippen LogP contribution is -2.54. The van der Waals surface area contributed by atoms with Crippen LogP contribution in [0.15, 0.2) is 0 Å². The molecule has 2 rings (SSSR count). The van der Waals surface area contributed by atoms with Gasteiger partial charge in [-0.2, -0.15) is 0 Å². The first-order valence-electron chi connectivity index (χ1n) is 12.1. The average molecular weight is 455 g/mol. The molecule has 178 valence electrons. The lowest BCUT2D eigenvalue weighted by atomic mass is 9.85. The number of carbonyl (C=O) groups excluding carboxylic acids is 3. The minimum atomic E-state index is -2.02. The summed E-state index contributed by atoms with van der Waals surface area (Å²) in [6.45, 7) is 10.3. The second kappa shape index (κ2) is 12.0. The van der Waals surface area contributed by atoms with Crippen LogP contribution in [-0.2, 0) is 23.5 Å². The number of hydrogen-bond acceptors (Lipinski definition) is 6. The molecule has 0 bridgehead atoms. The molecule has 0 spiro atoms. The van der Waals surface area contributed by atoms with Gasteiger partial charge in [-0.05, 0) is 65.1 Å². The van der Waals surface area contributed by atoms with E-state index in [-0.39, 0.29) is 17.8 Å². The van der Waals surface area contributed by atoms with E-state index in [2.05, 4.69) is 5.32 Å². The van der Waals surface area contributed by atoms with E-state index in [1.54, 1.807) is 18.7 Å². The van der Waals surface area contributed by atoms with Crippen molar-refractivity contribution in [1.29, 1.82) is 0 Å². The van der Waals surface area contributed by atoms with Crippen molar-refractivity contribution < 1.29 is 23.5 Å². The van der Waals surface area contributed by atoms with E-state index in [4.69, 9.17) is 9.16 Å². The molecule has 2 aliphatic rings. The highest BCUT2D eigenvalue weighted by molar-refractivity contribution is 6.71. The zero-order valence-corrected chi connectivity index (χ0v) is 21.1. The molecule has 1 aliphatic heterocycles. The van der Waals surface area contributed by atoms with Crippen molar-refractivity contribution in [3.63, 3.8) is 0 Å². The van der Waals surface area contributed by atoms with Crippen LogP contribution in [0.1, 0.15) is 71.6 Å². The molecule has 1 saturated heterocycles. The summed E-state index contributed by atoms with van der Waals surface area (Å²) in [5.41, 5.74) is 0. The van der Waals surface area contributed by atoms with Gasteiger partial charge in [-0.3, -0.25) is 19.7 Å². The summed E-state index contributed by atoms with van der Waals surface area (Å²) in [5.74, 6) is -0.0923. The largest absolute Gasteiger partial charge is 0.518 e. The second-order valence-corrected chi connectivity index (χ2v) is 14.4. The number of amides is 1. The number of ether oxygens (including phenoxy) is 1. The van der Waals surface area contributed by atoms with Gasteiger partial charge in [0.2, 0.25) is 14.2 Å². The fourth-order valence-corrected chi connectivity index (χ4v) is 5.40. The van der Waals surface area contributed by atoms with E-state index in [0.29, 0.717) is 31.9 Å². The first-order valence-corrected chi connectivity index (χ1v) is 15.5. The molecule has 0 radical (unpaired) electrons. The quantitative estimate of drug-likeness (QED) is 0.401. The monoisotopic (exact) mass is 454 g/mol. The predicted molar refractivity (Wildman–Crippen MR) is 123 cm³/mol. The van der Waals surface area contributed by atoms with Crippen LogP contribution in [0.2, 0.25) is 19.6 Å². The zero-order valence-electron chi connectivity index (χ0n) is 20.1. The Bertz CT molecular complexity index is 616. The Balaban J connectivity index is 1.98. The van der Waals surface area contributed by atoms with E-state index >= 15 is 0 Å². The van der Waals surface area contributed by atoms with Crippen LogP contribution < -0.4 is 5.32 Å². The highest BCUT2D eigenvalue weighted by Crippen LogP contribution is 2.28. The molecule has 3 atom stereocenters. The maximum absolute atomic E-state index is 13.2. The Hall–Kier alpha value is -1.41. The van der Waals surface area contributed by atoms with Crippen LogP contribution in [0.4, 0.5) is 0 Å². The van der Waals surface area contributed by atoms with Gasteiger partial charge in [0.25, 0.3) is 0 Å². The van der Waals surface area contributed by atoms with Gasteiger partial charge in [0, 0.05) is 6.54 Å². The summed E-state index contributed by atoms with van der Waals surface area (Å²) >= 11 is 0. The van der Waals surface area contributed by atoms with Gasteiger partial charge in [0.05, 0.1) is 12.6 Å². The number of nitrogens with one attached hydrogen (secondary N) is 1. The molecule has 2 fully saturated rings. The Kier molecular flexibility index (Phi) is 10.0. The van der Waals surface area contributed by atoms with E-state index in [1.165, 1.54) is 32.1 Å². The third kappa shape index (κ3) is 8.22. The molecule has 0 aromatic rings. The normalized spacial score (nSPS) is 22.1. The minimum Gasteiger partial charge on any atom is -0.518 e. The summed E-state index contributed by atoms with van der Waals surface area (Å²) in [5, 5.41) is 3.22. The van der Waals surface area contributed by atoms with Gasteiger partial charge in [0.1, 0.15) is 12.1 Å². The molecule has 1 saturated carbocycles. The molecule has 0 aromatic heterocycles. The van der Waals surface area contributed by atoms with E-state index in [0.717, 1.165) is 12.8 Å². The van der Waals surface area contributed by atoms with Crippen LogP contribution in [-0.4, -0.2) is 62.3 Å². The topological polar surface area (TPSA) is 84.9 Å². The van der Waals surface area contributed by atoms with Crippen molar-refractivity contribution in [2.24, 2.45) is 5.92 Å². The molecular formula is C23H42N2O5Si. The van der Waals surface area contributed by atoms with Gasteiger partial charge in [0.15, 0.2) is 0 Å². The fraction of sp³-hybridized carbons (Fsp3) is 0.870. The molecule has 0 aromatic carbocycles. The van der Waals surface area contributed by atoms with Crippen molar-refractivity contribution in [2.75, 3.05) is 13.2 Å². The van der Waals surface area contributed by atoms with Crippen molar-refractivity contribution >= 4 is 26.2 Å². The van der Waals surface area contributed by atoms with E-state index in [9.17, 15) is 14.4 Å². The lowest BCUT2D eigenvalue weighted by Gasteiger charge is -2.30. The highest BCUT2D eigenvalue weighted by Gasteiger charge is 2.39. The molecule has 0 unspecified atom stereocenters. The Labute approximate surface area is 188 Å². The average Bonchev–Trinajstić information content (AvgIpc) is 3.20. The van der Waals surface area contributed by atoms with E-state index in [1.807, 2.05) is 19.6 Å². The second-order valence-electron chi connectivity index (χ2n) is 10.00. The number of rotatable bonds is 10. The smallest absolute Gasteiger partial charge is 0.323 e. The van der Waals surface area contributed by atoms with Crippen LogP contribution in [0.3, 0.4) is 0 Å². The Morgan fingerprint density at radius 3 is 2.35 bits per heavy atom. The van der Waals surface area contributed by atoms with Crippen LogP contribution in [0.25, 0.3) is 0 Å². The summed E-state index contributed by atoms with van der Waals surface area (Å²) in [7, 11) is -2.02. The lowest BCUT2D eigenvalue weighted by molar-refractivity contribution is -0.149. The molecule has 31 heavy (non-hydrogen) atoms. The predicted octanol–water partition coefficient (Wildman–Crippen LogP) is 3.63. The SMILES string of the molecule is CCOC(=O)[C@H](CCC1CCCCC1)N[C@@H](C)C(=O)N1CCC[C@H]1C(=O)O[Si](C)(C)C. The van der Waals surface area contributed by atoms with Gasteiger partial charge in [-0.25, -0.2) is 0 Å². The number of carbonyl (C=O) groups is 3. The molecule has 7 nitrogen and oxygen atoms in total. The summed E-state index contributed by atoms with van der Waals surface area (Å²) < 4.78 is 10.9. The van der Waals surface area contributed by atoms with E-state index < -0.39 is 26.4 Å². The first-order chi connectivity index (χ1) is 14.6. The number of esters is 1. The molecule has 1 heterocycles. The zero-order chi connectivity index (χ0) is 23.0. The van der Waals surface area contributed by atoms with Crippen LogP contribution in [0.5, 0.6) is 0 Å².